The lowest BCUT2D eigenvalue weighted by Gasteiger charge is -2.17. The minimum atomic E-state index is -0.373. The molecule has 0 saturated carbocycles. The van der Waals surface area contributed by atoms with Crippen molar-refractivity contribution < 1.29 is 13.9 Å². The van der Waals surface area contributed by atoms with Gasteiger partial charge in [0, 0.05) is 30.8 Å². The van der Waals surface area contributed by atoms with E-state index in [4.69, 9.17) is 14.7 Å². The second-order valence-corrected chi connectivity index (χ2v) is 7.52. The molecule has 164 valence electrons. The van der Waals surface area contributed by atoms with Crippen LogP contribution in [0.25, 0.3) is 0 Å². The van der Waals surface area contributed by atoms with E-state index in [1.807, 2.05) is 38.1 Å². The third-order valence-electron chi connectivity index (χ3n) is 5.04. The van der Waals surface area contributed by atoms with Gasteiger partial charge in [-0.05, 0) is 56.5 Å². The van der Waals surface area contributed by atoms with Crippen molar-refractivity contribution in [3.63, 3.8) is 0 Å². The van der Waals surface area contributed by atoms with E-state index in [1.54, 1.807) is 0 Å². The topological polar surface area (TPSA) is 78.7 Å². The SMILES string of the molecule is CCNC(=NCc1cc(C#N)ccc1F)NCc1ccc(C)cc1OCC1CCCO1. The second kappa shape index (κ2) is 11.3. The normalized spacial score (nSPS) is 16.1. The summed E-state index contributed by atoms with van der Waals surface area (Å²) in [6.07, 6.45) is 2.26. The first-order valence-corrected chi connectivity index (χ1v) is 10.6. The van der Waals surface area contributed by atoms with Crippen LogP contribution in [0.15, 0.2) is 41.4 Å². The first-order valence-electron chi connectivity index (χ1n) is 10.6. The molecule has 0 aliphatic carbocycles. The summed E-state index contributed by atoms with van der Waals surface area (Å²) in [6.45, 7) is 6.65. The molecule has 0 bridgehead atoms. The van der Waals surface area contributed by atoms with Gasteiger partial charge >= 0.3 is 0 Å². The molecule has 0 radical (unpaired) electrons. The average Bonchev–Trinajstić information content (AvgIpc) is 3.29. The van der Waals surface area contributed by atoms with E-state index in [0.717, 1.165) is 36.3 Å². The number of aliphatic imine (C=N–C) groups is 1. The lowest BCUT2D eigenvalue weighted by atomic mass is 10.1. The molecule has 2 N–H and O–H groups in total. The molecule has 1 atom stereocenters. The van der Waals surface area contributed by atoms with E-state index < -0.39 is 0 Å². The average molecular weight is 425 g/mol. The van der Waals surface area contributed by atoms with Crippen molar-refractivity contribution in [2.45, 2.75) is 45.9 Å². The molecule has 6 nitrogen and oxygen atoms in total. The number of halogens is 1. The predicted octanol–water partition coefficient (Wildman–Crippen LogP) is 3.82. The summed E-state index contributed by atoms with van der Waals surface area (Å²) >= 11 is 0. The van der Waals surface area contributed by atoms with Crippen LogP contribution < -0.4 is 15.4 Å². The Hall–Kier alpha value is -3.11. The summed E-state index contributed by atoms with van der Waals surface area (Å²) < 4.78 is 25.8. The fraction of sp³-hybridized carbons (Fsp3) is 0.417. The molecule has 7 heteroatoms. The molecule has 31 heavy (non-hydrogen) atoms. The lowest BCUT2D eigenvalue weighted by molar-refractivity contribution is 0.0676. The van der Waals surface area contributed by atoms with Crippen molar-refractivity contribution in [2.24, 2.45) is 4.99 Å². The summed E-state index contributed by atoms with van der Waals surface area (Å²) in [5.41, 5.74) is 2.93. The Morgan fingerprint density at radius 2 is 2.13 bits per heavy atom. The van der Waals surface area contributed by atoms with Crippen molar-refractivity contribution in [3.05, 3.63) is 64.5 Å². The van der Waals surface area contributed by atoms with Crippen LogP contribution >= 0.6 is 0 Å². The van der Waals surface area contributed by atoms with Crippen LogP contribution in [0.2, 0.25) is 0 Å². The van der Waals surface area contributed by atoms with Gasteiger partial charge in [-0.3, -0.25) is 0 Å². The zero-order valence-electron chi connectivity index (χ0n) is 18.1. The maximum absolute atomic E-state index is 14.1. The van der Waals surface area contributed by atoms with Gasteiger partial charge in [0.05, 0.1) is 24.3 Å². The highest BCUT2D eigenvalue weighted by Crippen LogP contribution is 2.22. The Bertz CT molecular complexity index is 949. The summed E-state index contributed by atoms with van der Waals surface area (Å²) in [7, 11) is 0. The van der Waals surface area contributed by atoms with Gasteiger partial charge < -0.3 is 20.1 Å². The minimum Gasteiger partial charge on any atom is -0.491 e. The Labute approximate surface area is 183 Å². The number of nitriles is 1. The van der Waals surface area contributed by atoms with Gasteiger partial charge in [-0.25, -0.2) is 9.38 Å². The molecule has 0 aromatic heterocycles. The van der Waals surface area contributed by atoms with Crippen LogP contribution in [0, 0.1) is 24.1 Å². The van der Waals surface area contributed by atoms with E-state index in [-0.39, 0.29) is 18.5 Å². The fourth-order valence-corrected chi connectivity index (χ4v) is 3.35. The molecule has 1 fully saturated rings. The molecule has 2 aromatic carbocycles. The summed E-state index contributed by atoms with van der Waals surface area (Å²) in [5, 5.41) is 15.5. The lowest BCUT2D eigenvalue weighted by Crippen LogP contribution is -2.37. The standard InChI is InChI=1S/C24H29FN4O2/c1-3-27-24(29-15-20-12-18(13-26)7-9-22(20)25)28-14-19-8-6-17(2)11-23(19)31-16-21-5-4-10-30-21/h6-9,11-12,21H,3-5,10,14-16H2,1-2H3,(H2,27,28,29). The molecule has 1 unspecified atom stereocenters. The molecule has 1 heterocycles. The fourth-order valence-electron chi connectivity index (χ4n) is 3.35. The van der Waals surface area contributed by atoms with Gasteiger partial charge in [-0.15, -0.1) is 0 Å². The molecular formula is C24H29FN4O2. The van der Waals surface area contributed by atoms with Gasteiger partial charge in [0.15, 0.2) is 5.96 Å². The quantitative estimate of drug-likeness (QED) is 0.498. The van der Waals surface area contributed by atoms with Crippen LogP contribution in [0.4, 0.5) is 4.39 Å². The smallest absolute Gasteiger partial charge is 0.191 e. The van der Waals surface area contributed by atoms with Crippen molar-refractivity contribution in [2.75, 3.05) is 19.8 Å². The molecule has 3 rings (SSSR count). The molecule has 1 aliphatic rings. The highest BCUT2D eigenvalue weighted by atomic mass is 19.1. The van der Waals surface area contributed by atoms with E-state index in [2.05, 4.69) is 15.6 Å². The minimum absolute atomic E-state index is 0.132. The molecule has 2 aromatic rings. The van der Waals surface area contributed by atoms with Crippen molar-refractivity contribution in [3.8, 4) is 11.8 Å². The molecule has 1 aliphatic heterocycles. The maximum atomic E-state index is 14.1. The molecule has 1 saturated heterocycles. The third-order valence-corrected chi connectivity index (χ3v) is 5.04. The second-order valence-electron chi connectivity index (χ2n) is 7.52. The summed E-state index contributed by atoms with van der Waals surface area (Å²) in [4.78, 5) is 4.48. The van der Waals surface area contributed by atoms with Crippen molar-refractivity contribution in [1.29, 1.82) is 5.26 Å². The molecule has 0 amide bonds. The number of ether oxygens (including phenoxy) is 2. The van der Waals surface area contributed by atoms with Crippen LogP contribution in [0.1, 0.15) is 42.0 Å². The Morgan fingerprint density at radius 3 is 2.87 bits per heavy atom. The van der Waals surface area contributed by atoms with E-state index in [1.165, 1.54) is 18.2 Å². The van der Waals surface area contributed by atoms with Crippen molar-refractivity contribution >= 4 is 5.96 Å². The number of nitrogens with one attached hydrogen (secondary N) is 2. The number of aryl methyl sites for hydroxylation is 1. The third kappa shape index (κ3) is 6.69. The van der Waals surface area contributed by atoms with E-state index >= 15 is 0 Å². The summed E-state index contributed by atoms with van der Waals surface area (Å²) in [6, 6.07) is 12.4. The Morgan fingerprint density at radius 1 is 1.26 bits per heavy atom. The maximum Gasteiger partial charge on any atom is 0.191 e. The van der Waals surface area contributed by atoms with Gasteiger partial charge in [-0.1, -0.05) is 12.1 Å². The number of nitrogens with zero attached hydrogens (tertiary/aromatic N) is 2. The van der Waals surface area contributed by atoms with E-state index in [9.17, 15) is 4.39 Å². The van der Waals surface area contributed by atoms with Crippen LogP contribution in [-0.4, -0.2) is 31.8 Å². The predicted molar refractivity (Wildman–Crippen MR) is 118 cm³/mol. The highest BCUT2D eigenvalue weighted by Gasteiger charge is 2.17. The Balaban J connectivity index is 1.66. The number of hydrogen-bond acceptors (Lipinski definition) is 4. The largest absolute Gasteiger partial charge is 0.491 e. The molecule has 0 spiro atoms. The number of guanidine groups is 1. The number of rotatable bonds is 8. The van der Waals surface area contributed by atoms with Crippen LogP contribution in [-0.2, 0) is 17.8 Å². The number of benzene rings is 2. The molecular weight excluding hydrogens is 395 g/mol. The zero-order chi connectivity index (χ0) is 22.1. The van der Waals surface area contributed by atoms with E-state index in [0.29, 0.717) is 36.8 Å². The van der Waals surface area contributed by atoms with Gasteiger partial charge in [0.25, 0.3) is 0 Å². The highest BCUT2D eigenvalue weighted by molar-refractivity contribution is 5.79. The first-order chi connectivity index (χ1) is 15.1. The van der Waals surface area contributed by atoms with Gasteiger partial charge in [0.2, 0.25) is 0 Å². The van der Waals surface area contributed by atoms with Crippen molar-refractivity contribution in [1.82, 2.24) is 10.6 Å². The summed E-state index contributed by atoms with van der Waals surface area (Å²) in [5.74, 6) is 1.02. The van der Waals surface area contributed by atoms with Crippen LogP contribution in [0.3, 0.4) is 0 Å². The van der Waals surface area contributed by atoms with Gasteiger partial charge in [0.1, 0.15) is 18.2 Å². The first kappa shape index (κ1) is 22.6. The Kier molecular flexibility index (Phi) is 8.25. The monoisotopic (exact) mass is 424 g/mol. The van der Waals surface area contributed by atoms with Crippen LogP contribution in [0.5, 0.6) is 5.75 Å². The zero-order valence-corrected chi connectivity index (χ0v) is 18.1. The van der Waals surface area contributed by atoms with Gasteiger partial charge in [-0.2, -0.15) is 5.26 Å². The number of hydrogen-bond donors (Lipinski definition) is 2.